The van der Waals surface area contributed by atoms with E-state index in [1.54, 1.807) is 6.07 Å². The summed E-state index contributed by atoms with van der Waals surface area (Å²) in [6, 6.07) is 7.03. The molecule has 1 aromatic heterocycles. The fourth-order valence-corrected chi connectivity index (χ4v) is 3.80. The number of halogens is 4. The molecule has 1 atom stereocenters. The Hall–Kier alpha value is -1.78. The number of carbonyl (C=O) groups excluding carboxylic acids is 1. The van der Waals surface area contributed by atoms with Gasteiger partial charge in [-0.25, -0.2) is 4.98 Å². The first-order chi connectivity index (χ1) is 12.7. The number of nitrogens with one attached hydrogen (secondary N) is 1. The minimum absolute atomic E-state index is 0.0436. The second-order valence-electron chi connectivity index (χ2n) is 5.94. The van der Waals surface area contributed by atoms with Gasteiger partial charge in [0.15, 0.2) is 0 Å². The van der Waals surface area contributed by atoms with Crippen LogP contribution in [0, 0.1) is 0 Å². The maximum atomic E-state index is 12.4. The number of pyridine rings is 1. The van der Waals surface area contributed by atoms with E-state index in [2.05, 4.69) is 26.2 Å². The Balaban J connectivity index is 1.66. The molecule has 0 radical (unpaired) electrons. The van der Waals surface area contributed by atoms with Crippen molar-refractivity contribution < 1.29 is 23.1 Å². The molecule has 1 aliphatic heterocycles. The summed E-state index contributed by atoms with van der Waals surface area (Å²) in [5.74, 6) is 0.226. The maximum absolute atomic E-state index is 12.4. The van der Waals surface area contributed by atoms with Gasteiger partial charge in [0.2, 0.25) is 0 Å². The summed E-state index contributed by atoms with van der Waals surface area (Å²) in [7, 11) is 0. The Morgan fingerprint density at radius 2 is 2.04 bits per heavy atom. The van der Waals surface area contributed by atoms with Gasteiger partial charge in [-0.15, -0.1) is 0 Å². The number of benzene rings is 1. The third-order valence-electron chi connectivity index (χ3n) is 3.89. The van der Waals surface area contributed by atoms with Gasteiger partial charge in [-0.1, -0.05) is 0 Å². The van der Waals surface area contributed by atoms with E-state index < -0.39 is 11.4 Å². The van der Waals surface area contributed by atoms with E-state index in [0.717, 1.165) is 0 Å². The molecule has 2 N–H and O–H groups in total. The summed E-state index contributed by atoms with van der Waals surface area (Å²) in [5, 5.41) is 12.3. The van der Waals surface area contributed by atoms with Crippen molar-refractivity contribution in [2.24, 2.45) is 0 Å². The van der Waals surface area contributed by atoms with Gasteiger partial charge in [0.05, 0.1) is 16.1 Å². The summed E-state index contributed by atoms with van der Waals surface area (Å²) in [4.78, 5) is 18.6. The number of β-amino-alcohol motifs (C(OH)–C–C–N with tert-alkyl or cyclic N) is 1. The highest BCUT2D eigenvalue weighted by atomic mass is 79.9. The number of carbonyl (C=O) groups is 1. The van der Waals surface area contributed by atoms with Crippen LogP contribution in [0.15, 0.2) is 45.9 Å². The first-order valence-electron chi connectivity index (χ1n) is 7.97. The van der Waals surface area contributed by atoms with Gasteiger partial charge in [-0.05, 0) is 64.4 Å². The van der Waals surface area contributed by atoms with E-state index in [1.165, 1.54) is 30.5 Å². The number of hydrogen-bond donors (Lipinski definition) is 2. The zero-order chi connectivity index (χ0) is 19.6. The average molecular weight is 462 g/mol. The number of alkyl halides is 3. The van der Waals surface area contributed by atoms with E-state index in [9.17, 15) is 23.1 Å². The molecule has 27 heavy (non-hydrogen) atoms. The number of aromatic nitrogens is 1. The number of aliphatic hydroxyl groups is 1. The topological polar surface area (TPSA) is 65.5 Å². The molecule has 10 heteroatoms. The minimum atomic E-state index is -4.35. The molecule has 3 rings (SSSR count). The van der Waals surface area contributed by atoms with E-state index in [1.807, 2.05) is 4.90 Å². The quantitative estimate of drug-likeness (QED) is 0.665. The lowest BCUT2D eigenvalue weighted by atomic mass is 10.2. The molecule has 0 bridgehead atoms. The number of thioether (sulfide) groups is 1. The number of anilines is 2. The van der Waals surface area contributed by atoms with Crippen LogP contribution in [0.2, 0.25) is 0 Å². The van der Waals surface area contributed by atoms with Crippen LogP contribution in [0.5, 0.6) is 0 Å². The van der Waals surface area contributed by atoms with Crippen LogP contribution in [-0.4, -0.2) is 40.7 Å². The molecule has 0 aliphatic carbocycles. The zero-order valence-electron chi connectivity index (χ0n) is 13.8. The monoisotopic (exact) mass is 461 g/mol. The summed E-state index contributed by atoms with van der Waals surface area (Å²) >= 11 is 3.18. The molecule has 2 heterocycles. The molecule has 1 saturated heterocycles. The van der Waals surface area contributed by atoms with Crippen LogP contribution >= 0.6 is 27.7 Å². The molecule has 0 spiro atoms. The van der Waals surface area contributed by atoms with Crippen molar-refractivity contribution in [2.75, 3.05) is 23.3 Å². The summed E-state index contributed by atoms with van der Waals surface area (Å²) in [6.45, 7) is 1.17. The highest BCUT2D eigenvalue weighted by Crippen LogP contribution is 2.37. The second kappa shape index (κ2) is 8.07. The molecule has 0 saturated carbocycles. The standard InChI is InChI=1S/C17H15BrF3N3O2S/c18-14-7-10(8-22-15(14)24-6-5-12(25)9-24)16(26)23-11-1-3-13(4-2-11)27-17(19,20)21/h1-4,7-8,12,25H,5-6,9H2,(H,23,26). The Kier molecular flexibility index (Phi) is 5.97. The summed E-state index contributed by atoms with van der Waals surface area (Å²) < 4.78 is 37.7. The normalized spacial score (nSPS) is 17.2. The fourth-order valence-electron chi connectivity index (χ4n) is 2.66. The van der Waals surface area contributed by atoms with Crippen LogP contribution < -0.4 is 10.2 Å². The summed E-state index contributed by atoms with van der Waals surface area (Å²) in [5.41, 5.74) is -3.66. The van der Waals surface area contributed by atoms with Crippen molar-refractivity contribution in [3.63, 3.8) is 0 Å². The van der Waals surface area contributed by atoms with Crippen LogP contribution in [0.1, 0.15) is 16.8 Å². The third-order valence-corrected chi connectivity index (χ3v) is 5.22. The van der Waals surface area contributed by atoms with Gasteiger partial charge < -0.3 is 15.3 Å². The molecular formula is C17H15BrF3N3O2S. The third kappa shape index (κ3) is 5.36. The minimum Gasteiger partial charge on any atom is -0.391 e. The van der Waals surface area contributed by atoms with Crippen molar-refractivity contribution in [2.45, 2.75) is 22.9 Å². The van der Waals surface area contributed by atoms with Gasteiger partial charge in [0.25, 0.3) is 5.91 Å². The second-order valence-corrected chi connectivity index (χ2v) is 7.94. The highest BCUT2D eigenvalue weighted by Gasteiger charge is 2.29. The predicted molar refractivity (Wildman–Crippen MR) is 101 cm³/mol. The lowest BCUT2D eigenvalue weighted by Gasteiger charge is -2.18. The first kappa shape index (κ1) is 20.0. The van der Waals surface area contributed by atoms with Gasteiger partial charge in [0.1, 0.15) is 5.82 Å². The molecule has 1 amide bonds. The molecule has 1 aliphatic rings. The number of rotatable bonds is 4. The molecule has 1 unspecified atom stereocenters. The van der Waals surface area contributed by atoms with Gasteiger partial charge in [-0.3, -0.25) is 4.79 Å². The number of hydrogen-bond acceptors (Lipinski definition) is 5. The molecule has 1 aromatic carbocycles. The molecule has 144 valence electrons. The Labute approximate surface area is 166 Å². The van der Waals surface area contributed by atoms with Gasteiger partial charge in [0, 0.05) is 29.9 Å². The van der Waals surface area contributed by atoms with Crippen molar-refractivity contribution in [3.05, 3.63) is 46.6 Å². The fraction of sp³-hybridized carbons (Fsp3) is 0.294. The maximum Gasteiger partial charge on any atom is 0.446 e. The van der Waals surface area contributed by atoms with Crippen LogP contribution in [0.4, 0.5) is 24.7 Å². The molecular weight excluding hydrogens is 447 g/mol. The van der Waals surface area contributed by atoms with Crippen molar-refractivity contribution in [3.8, 4) is 0 Å². The van der Waals surface area contributed by atoms with Crippen molar-refractivity contribution in [1.29, 1.82) is 0 Å². The molecule has 5 nitrogen and oxygen atoms in total. The zero-order valence-corrected chi connectivity index (χ0v) is 16.2. The Morgan fingerprint density at radius 1 is 1.33 bits per heavy atom. The van der Waals surface area contributed by atoms with E-state index in [0.29, 0.717) is 41.1 Å². The van der Waals surface area contributed by atoms with Crippen molar-refractivity contribution >= 4 is 45.1 Å². The van der Waals surface area contributed by atoms with E-state index in [-0.39, 0.29) is 22.8 Å². The smallest absolute Gasteiger partial charge is 0.391 e. The largest absolute Gasteiger partial charge is 0.446 e. The lowest BCUT2D eigenvalue weighted by molar-refractivity contribution is -0.0328. The SMILES string of the molecule is O=C(Nc1ccc(SC(F)(F)F)cc1)c1cnc(N2CCC(O)C2)c(Br)c1. The molecule has 2 aromatic rings. The Bertz CT molecular complexity index is 833. The first-order valence-corrected chi connectivity index (χ1v) is 9.58. The van der Waals surface area contributed by atoms with E-state index in [4.69, 9.17) is 0 Å². The van der Waals surface area contributed by atoms with Gasteiger partial charge in [-0.2, -0.15) is 13.2 Å². The number of amides is 1. The van der Waals surface area contributed by atoms with E-state index >= 15 is 0 Å². The van der Waals surface area contributed by atoms with Crippen LogP contribution in [-0.2, 0) is 0 Å². The molecule has 1 fully saturated rings. The highest BCUT2D eigenvalue weighted by molar-refractivity contribution is 9.10. The van der Waals surface area contributed by atoms with Crippen LogP contribution in [0.3, 0.4) is 0 Å². The van der Waals surface area contributed by atoms with Crippen LogP contribution in [0.25, 0.3) is 0 Å². The predicted octanol–water partition coefficient (Wildman–Crippen LogP) is 4.28. The lowest BCUT2D eigenvalue weighted by Crippen LogP contribution is -2.23. The Morgan fingerprint density at radius 3 is 2.59 bits per heavy atom. The average Bonchev–Trinajstić information content (AvgIpc) is 3.01. The number of nitrogens with zero attached hydrogens (tertiary/aromatic N) is 2. The summed E-state index contributed by atoms with van der Waals surface area (Å²) in [6.07, 6.45) is 1.70. The van der Waals surface area contributed by atoms with Crippen molar-refractivity contribution in [1.82, 2.24) is 4.98 Å². The number of aliphatic hydroxyl groups excluding tert-OH is 1. The van der Waals surface area contributed by atoms with Gasteiger partial charge >= 0.3 is 5.51 Å².